The molecule has 0 saturated carbocycles. The Labute approximate surface area is 113 Å². The molecule has 0 atom stereocenters. The molecule has 0 aliphatic carbocycles. The third kappa shape index (κ3) is 4.15. The third-order valence-electron chi connectivity index (χ3n) is 2.00. The van der Waals surface area contributed by atoms with E-state index in [0.717, 1.165) is 29.6 Å². The molecular weight excluding hydrogens is 272 g/mol. The molecule has 3 nitrogen and oxygen atoms in total. The zero-order valence-electron chi connectivity index (χ0n) is 9.51. The maximum absolute atomic E-state index is 5.24. The number of rotatable bonds is 7. The van der Waals surface area contributed by atoms with E-state index >= 15 is 0 Å². The zero-order chi connectivity index (χ0) is 11.9. The van der Waals surface area contributed by atoms with Crippen LogP contribution in [-0.4, -0.2) is 24.7 Å². The lowest BCUT2D eigenvalue weighted by Crippen LogP contribution is -2.11. The standard InChI is InChI=1S/C11H14N2OS3/c1-2-14-8-7-12-17-16-11-13-9-5-3-4-6-10(9)15-11/h3-6,12H,2,7-8H2,1H3. The van der Waals surface area contributed by atoms with Gasteiger partial charge in [0.25, 0.3) is 0 Å². The van der Waals surface area contributed by atoms with E-state index in [-0.39, 0.29) is 0 Å². The molecular formula is C11H14N2OS3. The van der Waals surface area contributed by atoms with Gasteiger partial charge in [-0.25, -0.2) is 4.98 Å². The third-order valence-corrected chi connectivity index (χ3v) is 5.36. The molecule has 2 aromatic rings. The van der Waals surface area contributed by atoms with Gasteiger partial charge in [-0.15, -0.1) is 11.3 Å². The fourth-order valence-electron chi connectivity index (χ4n) is 1.25. The molecule has 1 aromatic carbocycles. The van der Waals surface area contributed by atoms with Crippen molar-refractivity contribution in [2.24, 2.45) is 0 Å². The Morgan fingerprint density at radius 1 is 1.41 bits per heavy atom. The molecule has 0 spiro atoms. The summed E-state index contributed by atoms with van der Waals surface area (Å²) in [4.78, 5) is 4.54. The Hall–Kier alpha value is -0.270. The highest BCUT2D eigenvalue weighted by Gasteiger charge is 2.03. The van der Waals surface area contributed by atoms with Gasteiger partial charge in [0.15, 0.2) is 4.34 Å². The fraction of sp³-hybridized carbons (Fsp3) is 0.364. The number of hydrogen-bond acceptors (Lipinski definition) is 6. The van der Waals surface area contributed by atoms with Crippen molar-refractivity contribution in [1.29, 1.82) is 0 Å². The van der Waals surface area contributed by atoms with E-state index in [1.807, 2.05) is 25.1 Å². The number of benzene rings is 1. The summed E-state index contributed by atoms with van der Waals surface area (Å²) in [5.74, 6) is 0. The highest BCUT2D eigenvalue weighted by atomic mass is 33.1. The lowest BCUT2D eigenvalue weighted by Gasteiger charge is -2.01. The van der Waals surface area contributed by atoms with Crippen molar-refractivity contribution in [1.82, 2.24) is 9.71 Å². The number of ether oxygens (including phenoxy) is 1. The van der Waals surface area contributed by atoms with Crippen LogP contribution in [0.25, 0.3) is 10.2 Å². The Bertz CT molecular complexity index is 428. The Balaban J connectivity index is 1.75. The van der Waals surface area contributed by atoms with Gasteiger partial charge in [-0.2, -0.15) is 0 Å². The number of para-hydroxylation sites is 1. The molecule has 1 N–H and O–H groups in total. The van der Waals surface area contributed by atoms with Crippen LogP contribution in [0.1, 0.15) is 6.92 Å². The van der Waals surface area contributed by atoms with Crippen LogP contribution in [0.15, 0.2) is 28.6 Å². The molecule has 0 aliphatic rings. The van der Waals surface area contributed by atoms with E-state index in [9.17, 15) is 0 Å². The van der Waals surface area contributed by atoms with Crippen LogP contribution in [0.2, 0.25) is 0 Å². The van der Waals surface area contributed by atoms with Crippen molar-refractivity contribution < 1.29 is 4.74 Å². The van der Waals surface area contributed by atoms with Gasteiger partial charge in [-0.05, 0) is 40.8 Å². The second kappa shape index (κ2) is 7.23. The first-order valence-corrected chi connectivity index (χ1v) is 8.36. The van der Waals surface area contributed by atoms with Gasteiger partial charge in [-0.1, -0.05) is 12.1 Å². The lowest BCUT2D eigenvalue weighted by atomic mass is 10.3. The van der Waals surface area contributed by atoms with Crippen LogP contribution < -0.4 is 4.72 Å². The second-order valence-electron chi connectivity index (χ2n) is 3.21. The maximum atomic E-state index is 5.24. The fourth-order valence-corrected chi connectivity index (χ4v) is 4.15. The second-order valence-corrected chi connectivity index (χ2v) is 6.50. The SMILES string of the molecule is CCOCCNSSc1nc2ccccc2s1. The van der Waals surface area contributed by atoms with Crippen molar-refractivity contribution >= 4 is 43.3 Å². The highest BCUT2D eigenvalue weighted by Crippen LogP contribution is 2.34. The van der Waals surface area contributed by atoms with E-state index in [1.54, 1.807) is 33.1 Å². The molecule has 17 heavy (non-hydrogen) atoms. The Morgan fingerprint density at radius 3 is 3.12 bits per heavy atom. The van der Waals surface area contributed by atoms with Gasteiger partial charge >= 0.3 is 0 Å². The molecule has 92 valence electrons. The van der Waals surface area contributed by atoms with Crippen LogP contribution in [-0.2, 0) is 4.74 Å². The summed E-state index contributed by atoms with van der Waals surface area (Å²) in [6.45, 7) is 4.39. The predicted molar refractivity (Wildman–Crippen MR) is 77.6 cm³/mol. The minimum absolute atomic E-state index is 0.754. The van der Waals surface area contributed by atoms with Crippen LogP contribution in [0.4, 0.5) is 0 Å². The molecule has 0 bridgehead atoms. The minimum atomic E-state index is 0.754. The summed E-state index contributed by atoms with van der Waals surface area (Å²) >= 11 is 1.73. The van der Waals surface area contributed by atoms with Crippen molar-refractivity contribution in [2.45, 2.75) is 11.3 Å². The monoisotopic (exact) mass is 286 g/mol. The first-order valence-electron chi connectivity index (χ1n) is 5.40. The number of hydrogen-bond donors (Lipinski definition) is 1. The van der Waals surface area contributed by atoms with Crippen molar-refractivity contribution in [2.75, 3.05) is 19.8 Å². The summed E-state index contributed by atoms with van der Waals surface area (Å²) in [6, 6.07) is 8.21. The van der Waals surface area contributed by atoms with Crippen LogP contribution in [0.5, 0.6) is 0 Å². The molecule has 0 saturated heterocycles. The van der Waals surface area contributed by atoms with Crippen LogP contribution in [0.3, 0.4) is 0 Å². The number of aromatic nitrogens is 1. The molecule has 0 fully saturated rings. The molecule has 0 unspecified atom stereocenters. The highest BCUT2D eigenvalue weighted by molar-refractivity contribution is 8.76. The van der Waals surface area contributed by atoms with Gasteiger partial charge < -0.3 is 4.74 Å². The lowest BCUT2D eigenvalue weighted by molar-refractivity contribution is 0.153. The van der Waals surface area contributed by atoms with Gasteiger partial charge in [0.2, 0.25) is 0 Å². The van der Waals surface area contributed by atoms with Gasteiger partial charge in [0.1, 0.15) is 0 Å². The van der Waals surface area contributed by atoms with Gasteiger partial charge in [0.05, 0.1) is 16.8 Å². The van der Waals surface area contributed by atoms with E-state index < -0.39 is 0 Å². The summed E-state index contributed by atoms with van der Waals surface area (Å²) in [5.41, 5.74) is 1.08. The van der Waals surface area contributed by atoms with E-state index in [0.29, 0.717) is 0 Å². The van der Waals surface area contributed by atoms with E-state index in [2.05, 4.69) is 15.8 Å². The maximum Gasteiger partial charge on any atom is 0.162 e. The van der Waals surface area contributed by atoms with Crippen LogP contribution >= 0.6 is 33.1 Å². The normalized spacial score (nSPS) is 11.1. The summed E-state index contributed by atoms with van der Waals surface area (Å²) in [7, 11) is 3.27. The molecule has 2 rings (SSSR count). The number of nitrogens with zero attached hydrogens (tertiary/aromatic N) is 1. The van der Waals surface area contributed by atoms with Crippen molar-refractivity contribution in [3.63, 3.8) is 0 Å². The topological polar surface area (TPSA) is 34.1 Å². The summed E-state index contributed by atoms with van der Waals surface area (Å²) in [5, 5.41) is 0. The summed E-state index contributed by atoms with van der Waals surface area (Å²) in [6.07, 6.45) is 0. The first-order chi connectivity index (χ1) is 8.40. The molecule has 0 amide bonds. The molecule has 0 radical (unpaired) electrons. The average molecular weight is 286 g/mol. The van der Waals surface area contributed by atoms with E-state index in [1.165, 1.54) is 4.70 Å². The van der Waals surface area contributed by atoms with Crippen molar-refractivity contribution in [3.05, 3.63) is 24.3 Å². The quantitative estimate of drug-likeness (QED) is 0.478. The Kier molecular flexibility index (Phi) is 5.60. The van der Waals surface area contributed by atoms with Crippen LogP contribution in [0, 0.1) is 0 Å². The van der Waals surface area contributed by atoms with Gasteiger partial charge in [0, 0.05) is 13.2 Å². The molecule has 6 heteroatoms. The zero-order valence-corrected chi connectivity index (χ0v) is 12.0. The van der Waals surface area contributed by atoms with Gasteiger partial charge in [-0.3, -0.25) is 4.72 Å². The average Bonchev–Trinajstić information content (AvgIpc) is 2.76. The molecule has 1 heterocycles. The molecule has 1 aromatic heterocycles. The van der Waals surface area contributed by atoms with Crippen molar-refractivity contribution in [3.8, 4) is 0 Å². The summed E-state index contributed by atoms with van der Waals surface area (Å²) < 4.78 is 10.8. The predicted octanol–water partition coefficient (Wildman–Crippen LogP) is 3.58. The Morgan fingerprint density at radius 2 is 2.29 bits per heavy atom. The minimum Gasteiger partial charge on any atom is -0.380 e. The van der Waals surface area contributed by atoms with E-state index in [4.69, 9.17) is 4.74 Å². The number of nitrogens with one attached hydrogen (secondary N) is 1. The first kappa shape index (κ1) is 13.2. The molecule has 0 aliphatic heterocycles. The number of thiazole rings is 1. The smallest absolute Gasteiger partial charge is 0.162 e. The number of fused-ring (bicyclic) bond motifs is 1. The largest absolute Gasteiger partial charge is 0.380 e.